The Kier molecular flexibility index (Phi) is 4.66. The maximum Gasteiger partial charge on any atom is 0.300 e. The van der Waals surface area contributed by atoms with Gasteiger partial charge in [-0.25, -0.2) is 4.39 Å². The van der Waals surface area contributed by atoms with Crippen LogP contribution < -0.4 is 9.64 Å². The fourth-order valence-electron chi connectivity index (χ4n) is 4.20. The molecule has 5 rings (SSSR count). The van der Waals surface area contributed by atoms with Crippen molar-refractivity contribution in [1.29, 1.82) is 0 Å². The van der Waals surface area contributed by atoms with E-state index in [1.165, 1.54) is 36.4 Å². The zero-order valence-electron chi connectivity index (χ0n) is 16.8. The third-order valence-electron chi connectivity index (χ3n) is 5.73. The number of carbonyl (C=O) groups is 2. The second-order valence-electron chi connectivity index (χ2n) is 7.63. The van der Waals surface area contributed by atoms with Gasteiger partial charge in [-0.2, -0.15) is 0 Å². The number of para-hydroxylation sites is 2. The Morgan fingerprint density at radius 3 is 2.53 bits per heavy atom. The van der Waals surface area contributed by atoms with Gasteiger partial charge in [0, 0.05) is 12.0 Å². The van der Waals surface area contributed by atoms with Crippen LogP contribution in [0.2, 0.25) is 0 Å². The molecular formula is C25H18FNO5. The Hall–Kier alpha value is -4.13. The van der Waals surface area contributed by atoms with E-state index < -0.39 is 23.5 Å². The average Bonchev–Trinajstić information content (AvgIpc) is 3.37. The number of rotatable bonds is 3. The van der Waals surface area contributed by atoms with Crippen LogP contribution in [0.3, 0.4) is 0 Å². The second-order valence-corrected chi connectivity index (χ2v) is 7.63. The summed E-state index contributed by atoms with van der Waals surface area (Å²) >= 11 is 0. The summed E-state index contributed by atoms with van der Waals surface area (Å²) in [5, 5.41) is 21.5. The summed E-state index contributed by atoms with van der Waals surface area (Å²) in [6.45, 7) is 0.535. The van der Waals surface area contributed by atoms with Gasteiger partial charge in [-0.05, 0) is 53.6 Å². The molecule has 2 N–H and O–H groups in total. The van der Waals surface area contributed by atoms with E-state index in [-0.39, 0.29) is 22.8 Å². The number of Topliss-reactive ketones (excluding diaryl/α,β-unsaturated/α-hetero) is 1. The first-order chi connectivity index (χ1) is 15.5. The predicted octanol–water partition coefficient (Wildman–Crippen LogP) is 4.09. The molecule has 0 saturated carbocycles. The number of carbonyl (C=O) groups excluding carboxylic acids is 2. The molecule has 3 aromatic rings. The molecule has 1 unspecified atom stereocenters. The number of hydrogen-bond acceptors (Lipinski definition) is 5. The standard InChI is InChI=1S/C25H18FNO5/c26-17-8-5-14(6-9-17)22-21(23(29)16-7-10-20-15(13-16)11-12-32-20)24(30)25(31)27(22)18-3-1-2-4-19(18)28/h1-10,13,22,28-29H,11-12H2/b23-21-. The van der Waals surface area contributed by atoms with Gasteiger partial charge in [-0.1, -0.05) is 24.3 Å². The molecule has 2 heterocycles. The molecule has 1 saturated heterocycles. The summed E-state index contributed by atoms with van der Waals surface area (Å²) in [7, 11) is 0. The number of hydrogen-bond donors (Lipinski definition) is 2. The van der Waals surface area contributed by atoms with Crippen LogP contribution in [0, 0.1) is 5.82 Å². The molecule has 1 fully saturated rings. The number of phenolic OH excluding ortho intramolecular Hbond substituents is 1. The normalized spacial score (nSPS) is 19.2. The molecule has 1 amide bonds. The molecule has 32 heavy (non-hydrogen) atoms. The van der Waals surface area contributed by atoms with E-state index in [4.69, 9.17) is 4.74 Å². The molecular weight excluding hydrogens is 413 g/mol. The van der Waals surface area contributed by atoms with Gasteiger partial charge in [0.15, 0.2) is 0 Å². The van der Waals surface area contributed by atoms with Crippen molar-refractivity contribution in [2.45, 2.75) is 12.5 Å². The number of nitrogens with zero attached hydrogens (tertiary/aromatic N) is 1. The highest BCUT2D eigenvalue weighted by Crippen LogP contribution is 2.45. The van der Waals surface area contributed by atoms with Crippen LogP contribution in [-0.2, 0) is 16.0 Å². The minimum atomic E-state index is -1.05. The van der Waals surface area contributed by atoms with E-state index in [9.17, 15) is 24.2 Å². The first-order valence-corrected chi connectivity index (χ1v) is 10.1. The number of halogens is 1. The minimum Gasteiger partial charge on any atom is -0.507 e. The van der Waals surface area contributed by atoms with Gasteiger partial charge in [-0.3, -0.25) is 14.5 Å². The van der Waals surface area contributed by atoms with Gasteiger partial charge >= 0.3 is 0 Å². The zero-order chi connectivity index (χ0) is 22.4. The summed E-state index contributed by atoms with van der Waals surface area (Å²) in [4.78, 5) is 27.3. The van der Waals surface area contributed by atoms with Gasteiger partial charge < -0.3 is 14.9 Å². The fourth-order valence-corrected chi connectivity index (χ4v) is 4.20. The van der Waals surface area contributed by atoms with E-state index >= 15 is 0 Å². The van der Waals surface area contributed by atoms with Crippen molar-refractivity contribution in [3.63, 3.8) is 0 Å². The smallest absolute Gasteiger partial charge is 0.300 e. The number of ketones is 1. The summed E-state index contributed by atoms with van der Waals surface area (Å²) in [6.07, 6.45) is 0.671. The van der Waals surface area contributed by atoms with Gasteiger partial charge in [0.1, 0.15) is 23.1 Å². The Morgan fingerprint density at radius 2 is 1.78 bits per heavy atom. The predicted molar refractivity (Wildman–Crippen MR) is 115 cm³/mol. The lowest BCUT2D eigenvalue weighted by atomic mass is 9.94. The maximum atomic E-state index is 13.6. The first kappa shape index (κ1) is 19.8. The van der Waals surface area contributed by atoms with E-state index in [1.807, 2.05) is 0 Å². The number of fused-ring (bicyclic) bond motifs is 1. The van der Waals surface area contributed by atoms with Crippen molar-refractivity contribution in [3.8, 4) is 11.5 Å². The lowest BCUT2D eigenvalue weighted by Gasteiger charge is -2.26. The molecule has 0 bridgehead atoms. The zero-order valence-corrected chi connectivity index (χ0v) is 16.8. The van der Waals surface area contributed by atoms with Gasteiger partial charge in [-0.15, -0.1) is 0 Å². The van der Waals surface area contributed by atoms with Crippen LogP contribution in [0.25, 0.3) is 5.76 Å². The van der Waals surface area contributed by atoms with E-state index in [0.717, 1.165) is 10.5 Å². The van der Waals surface area contributed by atoms with Crippen LogP contribution in [0.4, 0.5) is 10.1 Å². The van der Waals surface area contributed by atoms with Gasteiger partial charge in [0.2, 0.25) is 0 Å². The minimum absolute atomic E-state index is 0.116. The third-order valence-corrected chi connectivity index (χ3v) is 5.73. The molecule has 0 spiro atoms. The van der Waals surface area contributed by atoms with Crippen molar-refractivity contribution in [2.75, 3.05) is 11.5 Å². The lowest BCUT2D eigenvalue weighted by Crippen LogP contribution is -2.29. The van der Waals surface area contributed by atoms with Crippen molar-refractivity contribution in [3.05, 3.63) is 94.8 Å². The van der Waals surface area contributed by atoms with Crippen molar-refractivity contribution < 1.29 is 28.9 Å². The molecule has 2 aliphatic heterocycles. The van der Waals surface area contributed by atoms with Crippen LogP contribution in [0.15, 0.2) is 72.3 Å². The number of aliphatic hydroxyl groups is 1. The summed E-state index contributed by atoms with van der Waals surface area (Å²) < 4.78 is 19.1. The number of phenols is 1. The number of amides is 1. The molecule has 160 valence electrons. The van der Waals surface area contributed by atoms with Gasteiger partial charge in [0.05, 0.1) is 23.9 Å². The fraction of sp³-hybridized carbons (Fsp3) is 0.120. The second kappa shape index (κ2) is 7.53. The first-order valence-electron chi connectivity index (χ1n) is 10.1. The number of anilines is 1. The topological polar surface area (TPSA) is 87.1 Å². The molecule has 7 heteroatoms. The van der Waals surface area contributed by atoms with Crippen LogP contribution in [-0.4, -0.2) is 28.5 Å². The Morgan fingerprint density at radius 1 is 1.03 bits per heavy atom. The largest absolute Gasteiger partial charge is 0.507 e. The molecule has 1 atom stereocenters. The quantitative estimate of drug-likeness (QED) is 0.371. The molecule has 3 aromatic carbocycles. The summed E-state index contributed by atoms with van der Waals surface area (Å²) in [5.74, 6) is -2.09. The van der Waals surface area contributed by atoms with Crippen molar-refractivity contribution in [2.24, 2.45) is 0 Å². The van der Waals surface area contributed by atoms with Crippen LogP contribution in [0.5, 0.6) is 11.5 Å². The number of aliphatic hydroxyl groups excluding tert-OH is 1. The highest BCUT2D eigenvalue weighted by Gasteiger charge is 2.47. The number of benzene rings is 3. The third kappa shape index (κ3) is 3.10. The molecule has 0 aromatic heterocycles. The Labute approximate surface area is 182 Å². The van der Waals surface area contributed by atoms with E-state index in [1.54, 1.807) is 30.3 Å². The molecule has 0 radical (unpaired) electrons. The maximum absolute atomic E-state index is 13.6. The molecule has 6 nitrogen and oxygen atoms in total. The average molecular weight is 431 g/mol. The number of ether oxygens (including phenoxy) is 1. The highest BCUT2D eigenvalue weighted by atomic mass is 19.1. The van der Waals surface area contributed by atoms with E-state index in [2.05, 4.69) is 0 Å². The monoisotopic (exact) mass is 431 g/mol. The van der Waals surface area contributed by atoms with Crippen molar-refractivity contribution in [1.82, 2.24) is 0 Å². The lowest BCUT2D eigenvalue weighted by molar-refractivity contribution is -0.132. The Balaban J connectivity index is 1.72. The SMILES string of the molecule is O=C1C(=O)N(c2ccccc2O)C(c2ccc(F)cc2)/C1=C(/O)c1ccc2c(c1)CCO2. The van der Waals surface area contributed by atoms with Crippen LogP contribution in [0.1, 0.15) is 22.7 Å². The van der Waals surface area contributed by atoms with Crippen molar-refractivity contribution >= 4 is 23.1 Å². The van der Waals surface area contributed by atoms with Gasteiger partial charge in [0.25, 0.3) is 11.7 Å². The Bertz CT molecular complexity index is 1280. The summed E-state index contributed by atoms with van der Waals surface area (Å²) in [5.41, 5.74) is 1.66. The summed E-state index contributed by atoms with van der Waals surface area (Å²) in [6, 6.07) is 15.5. The number of aromatic hydroxyl groups is 1. The molecule has 0 aliphatic carbocycles. The molecule has 2 aliphatic rings. The highest BCUT2D eigenvalue weighted by molar-refractivity contribution is 6.51. The van der Waals surface area contributed by atoms with E-state index in [0.29, 0.717) is 29.9 Å². The van der Waals surface area contributed by atoms with Crippen LogP contribution >= 0.6 is 0 Å².